The van der Waals surface area contributed by atoms with E-state index in [0.29, 0.717) is 6.07 Å². The molecule has 0 heterocycles. The number of hydrogen-bond donors (Lipinski definition) is 1. The van der Waals surface area contributed by atoms with Gasteiger partial charge >= 0.3 is 18.1 Å². The minimum Gasteiger partial charge on any atom is -0.478 e. The maximum absolute atomic E-state index is 12.7. The van der Waals surface area contributed by atoms with Crippen LogP contribution in [0.2, 0.25) is 0 Å². The topological polar surface area (TPSA) is 63.6 Å². The highest BCUT2D eigenvalue weighted by Gasteiger charge is 2.33. The van der Waals surface area contributed by atoms with E-state index in [1.54, 1.807) is 0 Å². The summed E-state index contributed by atoms with van der Waals surface area (Å²) in [5, 5.41) is 8.64. The predicted octanol–water partition coefficient (Wildman–Crippen LogP) is 1.93. The number of alkyl halides is 3. The van der Waals surface area contributed by atoms with Crippen LogP contribution in [0.5, 0.6) is 0 Å². The number of carboxylic acid groups (broad SMARTS) is 1. The van der Waals surface area contributed by atoms with Gasteiger partial charge in [0.25, 0.3) is 0 Å². The van der Waals surface area contributed by atoms with E-state index < -0.39 is 34.8 Å². The summed E-state index contributed by atoms with van der Waals surface area (Å²) in [6.45, 7) is 0. The third-order valence-corrected chi connectivity index (χ3v) is 2.06. The fourth-order valence-electron chi connectivity index (χ4n) is 1.19. The van der Waals surface area contributed by atoms with E-state index in [1.807, 2.05) is 11.8 Å². The van der Waals surface area contributed by atoms with Gasteiger partial charge in [0.1, 0.15) is 0 Å². The molecular formula is C12H7F3O4. The summed E-state index contributed by atoms with van der Waals surface area (Å²) >= 11 is 0. The first-order valence-corrected chi connectivity index (χ1v) is 4.80. The predicted molar refractivity (Wildman–Crippen MR) is 57.3 cm³/mol. The first kappa shape index (κ1) is 14.6. The first-order valence-electron chi connectivity index (χ1n) is 4.80. The van der Waals surface area contributed by atoms with Crippen molar-refractivity contribution < 1.29 is 32.6 Å². The summed E-state index contributed by atoms with van der Waals surface area (Å²) in [5.74, 6) is 1.37. The van der Waals surface area contributed by atoms with Crippen molar-refractivity contribution in [1.82, 2.24) is 0 Å². The Morgan fingerprint density at radius 3 is 2.42 bits per heavy atom. The zero-order chi connectivity index (χ0) is 14.6. The molecule has 4 nitrogen and oxygen atoms in total. The van der Waals surface area contributed by atoms with E-state index in [0.717, 1.165) is 19.2 Å². The number of rotatable bonds is 1. The number of carbonyl (C=O) groups excluding carboxylic acids is 1. The van der Waals surface area contributed by atoms with Crippen LogP contribution in [-0.4, -0.2) is 24.2 Å². The Labute approximate surface area is 105 Å². The van der Waals surface area contributed by atoms with Crippen molar-refractivity contribution >= 4 is 11.9 Å². The van der Waals surface area contributed by atoms with Crippen LogP contribution in [0.4, 0.5) is 13.2 Å². The smallest absolute Gasteiger partial charge is 0.417 e. The van der Waals surface area contributed by atoms with E-state index in [1.165, 1.54) is 0 Å². The SMILES string of the molecule is COC(=O)C#Cc1ccc(C(=O)O)cc1C(F)(F)F. The maximum atomic E-state index is 12.7. The molecule has 0 unspecified atom stereocenters. The van der Waals surface area contributed by atoms with Crippen molar-refractivity contribution in [3.63, 3.8) is 0 Å². The average Bonchev–Trinajstić information content (AvgIpc) is 2.34. The van der Waals surface area contributed by atoms with Crippen molar-refractivity contribution in [2.45, 2.75) is 6.18 Å². The van der Waals surface area contributed by atoms with Crippen molar-refractivity contribution in [2.75, 3.05) is 7.11 Å². The van der Waals surface area contributed by atoms with Crippen molar-refractivity contribution in [3.05, 3.63) is 34.9 Å². The summed E-state index contributed by atoms with van der Waals surface area (Å²) < 4.78 is 42.3. The zero-order valence-electron chi connectivity index (χ0n) is 9.54. The lowest BCUT2D eigenvalue weighted by Crippen LogP contribution is -2.10. The van der Waals surface area contributed by atoms with Gasteiger partial charge in [0.2, 0.25) is 0 Å². The summed E-state index contributed by atoms with van der Waals surface area (Å²) in [7, 11) is 1.04. The number of carboxylic acids is 1. The Morgan fingerprint density at radius 1 is 1.32 bits per heavy atom. The highest BCUT2D eigenvalue weighted by atomic mass is 19.4. The number of ether oxygens (including phenoxy) is 1. The standard InChI is InChI=1S/C12H7F3O4/c1-19-10(16)5-4-7-2-3-8(11(17)18)6-9(7)12(13,14)15/h2-3,6H,1H3,(H,17,18). The lowest BCUT2D eigenvalue weighted by atomic mass is 10.0. The van der Waals surface area contributed by atoms with Crippen molar-refractivity contribution in [2.24, 2.45) is 0 Å². The third kappa shape index (κ3) is 3.74. The first-order chi connectivity index (χ1) is 8.75. The number of hydrogen-bond acceptors (Lipinski definition) is 3. The summed E-state index contributed by atoms with van der Waals surface area (Å²) in [5.41, 5.74) is -2.23. The molecule has 0 aliphatic carbocycles. The minimum absolute atomic E-state index is 0.462. The molecule has 0 saturated carbocycles. The van der Waals surface area contributed by atoms with E-state index in [4.69, 9.17) is 5.11 Å². The lowest BCUT2D eigenvalue weighted by molar-refractivity contribution is -0.138. The highest BCUT2D eigenvalue weighted by molar-refractivity contribution is 5.90. The highest BCUT2D eigenvalue weighted by Crippen LogP contribution is 2.32. The molecule has 1 aromatic rings. The summed E-state index contributed by atoms with van der Waals surface area (Å²) in [6.07, 6.45) is -4.77. The lowest BCUT2D eigenvalue weighted by Gasteiger charge is -2.09. The molecule has 0 spiro atoms. The van der Waals surface area contributed by atoms with Gasteiger partial charge in [-0.25, -0.2) is 9.59 Å². The van der Waals surface area contributed by atoms with Gasteiger partial charge in [-0.2, -0.15) is 13.2 Å². The van der Waals surface area contributed by atoms with E-state index in [2.05, 4.69) is 4.74 Å². The largest absolute Gasteiger partial charge is 0.478 e. The van der Waals surface area contributed by atoms with Crippen LogP contribution in [0.15, 0.2) is 18.2 Å². The molecule has 100 valence electrons. The van der Waals surface area contributed by atoms with E-state index in [-0.39, 0.29) is 0 Å². The summed E-state index contributed by atoms with van der Waals surface area (Å²) in [4.78, 5) is 21.4. The van der Waals surface area contributed by atoms with Crippen LogP contribution in [0.1, 0.15) is 21.5 Å². The second-order valence-corrected chi connectivity index (χ2v) is 3.30. The second-order valence-electron chi connectivity index (χ2n) is 3.30. The van der Waals surface area contributed by atoms with Gasteiger partial charge in [0.05, 0.1) is 18.2 Å². The van der Waals surface area contributed by atoms with Crippen LogP contribution in [-0.2, 0) is 15.7 Å². The molecular weight excluding hydrogens is 265 g/mol. The molecule has 0 aliphatic heterocycles. The number of aromatic carboxylic acids is 1. The molecule has 0 aromatic heterocycles. The van der Waals surface area contributed by atoms with Gasteiger partial charge in [-0.1, -0.05) is 5.92 Å². The molecule has 1 rings (SSSR count). The van der Waals surface area contributed by atoms with Crippen LogP contribution < -0.4 is 0 Å². The van der Waals surface area contributed by atoms with Gasteiger partial charge in [-0.15, -0.1) is 0 Å². The van der Waals surface area contributed by atoms with E-state index >= 15 is 0 Å². The van der Waals surface area contributed by atoms with Gasteiger partial charge < -0.3 is 9.84 Å². The molecule has 0 bridgehead atoms. The Kier molecular flexibility index (Phi) is 4.17. The Morgan fingerprint density at radius 2 is 1.95 bits per heavy atom. The monoisotopic (exact) mass is 272 g/mol. The molecule has 0 fully saturated rings. The molecule has 0 atom stereocenters. The fraction of sp³-hybridized carbons (Fsp3) is 0.167. The number of benzene rings is 1. The molecule has 0 saturated heterocycles. The molecule has 7 heteroatoms. The Hall–Kier alpha value is -2.49. The average molecular weight is 272 g/mol. The van der Waals surface area contributed by atoms with Crippen LogP contribution >= 0.6 is 0 Å². The van der Waals surface area contributed by atoms with Crippen molar-refractivity contribution in [1.29, 1.82) is 0 Å². The van der Waals surface area contributed by atoms with Gasteiger partial charge in [-0.05, 0) is 18.2 Å². The molecule has 0 radical (unpaired) electrons. The Bertz CT molecular complexity index is 579. The number of methoxy groups -OCH3 is 1. The quantitative estimate of drug-likeness (QED) is 0.626. The minimum atomic E-state index is -4.77. The van der Waals surface area contributed by atoms with Gasteiger partial charge in [0, 0.05) is 11.5 Å². The van der Waals surface area contributed by atoms with Crippen molar-refractivity contribution in [3.8, 4) is 11.8 Å². The fourth-order valence-corrected chi connectivity index (χ4v) is 1.19. The molecule has 0 amide bonds. The number of halogens is 3. The van der Waals surface area contributed by atoms with Crippen LogP contribution in [0.25, 0.3) is 0 Å². The Balaban J connectivity index is 3.35. The molecule has 1 N–H and O–H groups in total. The molecule has 0 aliphatic rings. The molecule has 19 heavy (non-hydrogen) atoms. The van der Waals surface area contributed by atoms with Crippen LogP contribution in [0.3, 0.4) is 0 Å². The van der Waals surface area contributed by atoms with Crippen LogP contribution in [0, 0.1) is 11.8 Å². The normalized spacial score (nSPS) is 10.3. The molecule has 1 aromatic carbocycles. The van der Waals surface area contributed by atoms with Gasteiger partial charge in [0.15, 0.2) is 0 Å². The number of esters is 1. The summed E-state index contributed by atoms with van der Waals surface area (Å²) in [6, 6.07) is 2.32. The van der Waals surface area contributed by atoms with E-state index in [9.17, 15) is 22.8 Å². The third-order valence-electron chi connectivity index (χ3n) is 2.06. The maximum Gasteiger partial charge on any atom is 0.417 e. The second kappa shape index (κ2) is 5.44. The zero-order valence-corrected chi connectivity index (χ0v) is 9.54. The number of carbonyl (C=O) groups is 2. The van der Waals surface area contributed by atoms with Gasteiger partial charge in [-0.3, -0.25) is 0 Å².